The van der Waals surface area contributed by atoms with Gasteiger partial charge in [-0.15, -0.1) is 0 Å². The highest BCUT2D eigenvalue weighted by Crippen LogP contribution is 2.17. The van der Waals surface area contributed by atoms with Crippen molar-refractivity contribution in [1.82, 2.24) is 5.32 Å². The molecular formula is C9H20N2O3. The van der Waals surface area contributed by atoms with E-state index in [0.717, 1.165) is 6.42 Å². The van der Waals surface area contributed by atoms with Crippen molar-refractivity contribution in [3.8, 4) is 0 Å². The van der Waals surface area contributed by atoms with E-state index in [2.05, 4.69) is 10.1 Å². The number of amides is 1. The third-order valence-electron chi connectivity index (χ3n) is 2.31. The van der Waals surface area contributed by atoms with Crippen LogP contribution in [0.4, 0.5) is 4.79 Å². The fraction of sp³-hybridized carbons (Fsp3) is 0.889. The molecule has 1 amide bonds. The first-order valence-corrected chi connectivity index (χ1v) is 4.78. The Kier molecular flexibility index (Phi) is 6.23. The minimum Gasteiger partial charge on any atom is -0.448 e. The van der Waals surface area contributed by atoms with E-state index in [9.17, 15) is 4.79 Å². The van der Waals surface area contributed by atoms with Crippen LogP contribution in [-0.4, -0.2) is 37.5 Å². The molecule has 5 heteroatoms. The van der Waals surface area contributed by atoms with Crippen LogP contribution in [0.3, 0.4) is 0 Å². The molecule has 0 saturated carbocycles. The van der Waals surface area contributed by atoms with Crippen LogP contribution >= 0.6 is 0 Å². The normalized spacial score (nSPS) is 14.8. The second-order valence-electron chi connectivity index (χ2n) is 3.67. The molecule has 0 aromatic rings. The topological polar surface area (TPSA) is 84.6 Å². The Bertz CT molecular complexity index is 169. The van der Waals surface area contributed by atoms with Gasteiger partial charge in [-0.25, -0.2) is 4.79 Å². The summed E-state index contributed by atoms with van der Waals surface area (Å²) in [6.07, 6.45) is 0.139. The standard InChI is InChI=1S/C9H20N2O3/c1-3-9(2,7-12)6-11-4-5-14-8(10)13/h11-12H,3-7H2,1-2H3,(H2,10,13). The number of nitrogens with two attached hydrogens (primary N) is 1. The maximum atomic E-state index is 10.2. The van der Waals surface area contributed by atoms with Crippen molar-refractivity contribution in [2.24, 2.45) is 11.1 Å². The van der Waals surface area contributed by atoms with Crippen molar-refractivity contribution in [2.75, 3.05) is 26.3 Å². The van der Waals surface area contributed by atoms with Crippen molar-refractivity contribution < 1.29 is 14.6 Å². The molecule has 0 fully saturated rings. The first-order valence-electron chi connectivity index (χ1n) is 4.78. The number of carbonyl (C=O) groups is 1. The van der Waals surface area contributed by atoms with Crippen LogP contribution in [0.15, 0.2) is 0 Å². The van der Waals surface area contributed by atoms with Gasteiger partial charge in [0, 0.05) is 25.1 Å². The largest absolute Gasteiger partial charge is 0.448 e. The molecule has 0 aromatic carbocycles. The third-order valence-corrected chi connectivity index (χ3v) is 2.31. The van der Waals surface area contributed by atoms with Gasteiger partial charge in [0.25, 0.3) is 0 Å². The molecule has 4 N–H and O–H groups in total. The van der Waals surface area contributed by atoms with Crippen molar-refractivity contribution in [3.63, 3.8) is 0 Å². The van der Waals surface area contributed by atoms with E-state index in [1.807, 2.05) is 13.8 Å². The van der Waals surface area contributed by atoms with Crippen LogP contribution in [0.25, 0.3) is 0 Å². The van der Waals surface area contributed by atoms with Gasteiger partial charge < -0.3 is 20.9 Å². The van der Waals surface area contributed by atoms with Gasteiger partial charge in [-0.1, -0.05) is 13.8 Å². The van der Waals surface area contributed by atoms with E-state index in [0.29, 0.717) is 13.1 Å². The molecule has 84 valence electrons. The molecule has 0 saturated heterocycles. The van der Waals surface area contributed by atoms with Crippen molar-refractivity contribution in [1.29, 1.82) is 0 Å². The monoisotopic (exact) mass is 204 g/mol. The number of aliphatic hydroxyl groups excluding tert-OH is 1. The molecule has 14 heavy (non-hydrogen) atoms. The lowest BCUT2D eigenvalue weighted by Gasteiger charge is -2.25. The van der Waals surface area contributed by atoms with Crippen molar-refractivity contribution in [3.05, 3.63) is 0 Å². The van der Waals surface area contributed by atoms with Crippen LogP contribution in [0, 0.1) is 5.41 Å². The Hall–Kier alpha value is -0.810. The summed E-state index contributed by atoms with van der Waals surface area (Å²) in [6, 6.07) is 0. The van der Waals surface area contributed by atoms with Crippen LogP contribution in [-0.2, 0) is 4.74 Å². The number of aliphatic hydroxyl groups is 1. The maximum absolute atomic E-state index is 10.2. The molecule has 1 unspecified atom stereocenters. The van der Waals surface area contributed by atoms with Gasteiger partial charge in [0.1, 0.15) is 6.61 Å². The molecule has 0 bridgehead atoms. The highest BCUT2D eigenvalue weighted by Gasteiger charge is 2.19. The van der Waals surface area contributed by atoms with Crippen LogP contribution in [0.1, 0.15) is 20.3 Å². The quantitative estimate of drug-likeness (QED) is 0.513. The number of primary amides is 1. The molecule has 0 aromatic heterocycles. The lowest BCUT2D eigenvalue weighted by Crippen LogP contribution is -2.36. The SMILES string of the molecule is CCC(C)(CO)CNCCOC(N)=O. The molecule has 0 spiro atoms. The van der Waals surface area contributed by atoms with Crippen molar-refractivity contribution >= 4 is 6.09 Å². The zero-order valence-electron chi connectivity index (χ0n) is 8.88. The van der Waals surface area contributed by atoms with E-state index >= 15 is 0 Å². The number of hydrogen-bond acceptors (Lipinski definition) is 4. The maximum Gasteiger partial charge on any atom is 0.404 e. The number of carbonyl (C=O) groups excluding carboxylic acids is 1. The average molecular weight is 204 g/mol. The van der Waals surface area contributed by atoms with Gasteiger partial charge in [0.05, 0.1) is 0 Å². The molecule has 0 aliphatic heterocycles. The van der Waals surface area contributed by atoms with E-state index < -0.39 is 6.09 Å². The number of nitrogens with one attached hydrogen (secondary N) is 1. The van der Waals surface area contributed by atoms with Crippen LogP contribution < -0.4 is 11.1 Å². The van der Waals surface area contributed by atoms with E-state index in [-0.39, 0.29) is 18.6 Å². The Morgan fingerprint density at radius 2 is 2.29 bits per heavy atom. The summed E-state index contributed by atoms with van der Waals surface area (Å²) in [6.45, 7) is 5.68. The van der Waals surface area contributed by atoms with Crippen LogP contribution in [0.2, 0.25) is 0 Å². The molecule has 0 heterocycles. The minimum absolute atomic E-state index is 0.104. The average Bonchev–Trinajstić information content (AvgIpc) is 2.16. The molecule has 1 atom stereocenters. The second kappa shape index (κ2) is 6.62. The van der Waals surface area contributed by atoms with Gasteiger partial charge in [-0.3, -0.25) is 0 Å². The highest BCUT2D eigenvalue weighted by atomic mass is 16.5. The van der Waals surface area contributed by atoms with Crippen molar-refractivity contribution in [2.45, 2.75) is 20.3 Å². The zero-order valence-corrected chi connectivity index (χ0v) is 8.88. The summed E-state index contributed by atoms with van der Waals surface area (Å²) in [7, 11) is 0. The summed E-state index contributed by atoms with van der Waals surface area (Å²) in [4.78, 5) is 10.2. The molecule has 0 rings (SSSR count). The van der Waals surface area contributed by atoms with E-state index in [4.69, 9.17) is 10.8 Å². The smallest absolute Gasteiger partial charge is 0.404 e. The molecule has 5 nitrogen and oxygen atoms in total. The summed E-state index contributed by atoms with van der Waals surface area (Å²) in [5.74, 6) is 0. The van der Waals surface area contributed by atoms with Gasteiger partial charge >= 0.3 is 6.09 Å². The first-order chi connectivity index (χ1) is 6.54. The summed E-state index contributed by atoms with van der Waals surface area (Å²) < 4.78 is 4.54. The third kappa shape index (κ3) is 5.77. The van der Waals surface area contributed by atoms with E-state index in [1.165, 1.54) is 0 Å². The molecule has 0 aliphatic rings. The number of hydrogen-bond donors (Lipinski definition) is 3. The zero-order chi connectivity index (χ0) is 11.0. The van der Waals surface area contributed by atoms with E-state index in [1.54, 1.807) is 0 Å². The van der Waals surface area contributed by atoms with Gasteiger partial charge in [-0.2, -0.15) is 0 Å². The minimum atomic E-state index is -0.757. The predicted molar refractivity (Wildman–Crippen MR) is 53.9 cm³/mol. The Balaban J connectivity index is 3.47. The Morgan fingerprint density at radius 3 is 2.71 bits per heavy atom. The lowest BCUT2D eigenvalue weighted by molar-refractivity contribution is 0.128. The second-order valence-corrected chi connectivity index (χ2v) is 3.67. The fourth-order valence-electron chi connectivity index (χ4n) is 0.907. The predicted octanol–water partition coefficient (Wildman–Crippen LogP) is 0.0799. The first kappa shape index (κ1) is 13.2. The Labute approximate surface area is 84.6 Å². The van der Waals surface area contributed by atoms with Gasteiger partial charge in [-0.05, 0) is 6.42 Å². The lowest BCUT2D eigenvalue weighted by atomic mass is 9.89. The number of rotatable bonds is 7. The van der Waals surface area contributed by atoms with Crippen LogP contribution in [0.5, 0.6) is 0 Å². The molecule has 0 radical (unpaired) electrons. The number of ether oxygens (including phenoxy) is 1. The fourth-order valence-corrected chi connectivity index (χ4v) is 0.907. The summed E-state index contributed by atoms with van der Waals surface area (Å²) >= 11 is 0. The summed E-state index contributed by atoms with van der Waals surface area (Å²) in [5.41, 5.74) is 4.68. The molecular weight excluding hydrogens is 184 g/mol. The van der Waals surface area contributed by atoms with Gasteiger partial charge in [0.2, 0.25) is 0 Å². The van der Waals surface area contributed by atoms with Gasteiger partial charge in [0.15, 0.2) is 0 Å². The highest BCUT2D eigenvalue weighted by molar-refractivity contribution is 5.64. The Morgan fingerprint density at radius 1 is 1.64 bits per heavy atom. The molecule has 0 aliphatic carbocycles. The summed E-state index contributed by atoms with van der Waals surface area (Å²) in [5, 5.41) is 12.2.